The third kappa shape index (κ3) is 4.21. The van der Waals surface area contributed by atoms with Gasteiger partial charge >= 0.3 is 0 Å². The average molecular weight is 579 g/mol. The summed E-state index contributed by atoms with van der Waals surface area (Å²) >= 11 is 0. The van der Waals surface area contributed by atoms with Gasteiger partial charge in [0, 0.05) is 17.3 Å². The molecular formula is C41H30N2Si. The molecule has 0 spiro atoms. The van der Waals surface area contributed by atoms with Crippen LogP contribution in [-0.4, -0.2) is 17.6 Å². The van der Waals surface area contributed by atoms with Crippen LogP contribution in [0.5, 0.6) is 0 Å². The van der Waals surface area contributed by atoms with E-state index in [1.54, 1.807) is 0 Å². The van der Waals surface area contributed by atoms with Crippen LogP contribution in [0.2, 0.25) is 0 Å². The van der Waals surface area contributed by atoms with Crippen molar-refractivity contribution in [3.63, 3.8) is 0 Å². The molecule has 0 fully saturated rings. The predicted octanol–water partition coefficient (Wildman–Crippen LogP) is 7.22. The van der Waals surface area contributed by atoms with Gasteiger partial charge in [0.25, 0.3) is 0 Å². The molecule has 6 aromatic carbocycles. The molecule has 44 heavy (non-hydrogen) atoms. The fraction of sp³-hybridized carbons (Fsp3) is 0. The van der Waals surface area contributed by atoms with Crippen molar-refractivity contribution in [1.82, 2.24) is 9.55 Å². The molecule has 3 heteroatoms. The minimum atomic E-state index is -2.79. The number of benzene rings is 6. The predicted molar refractivity (Wildman–Crippen MR) is 188 cm³/mol. The summed E-state index contributed by atoms with van der Waals surface area (Å²) in [7, 11) is -2.79. The number of aromatic nitrogens is 2. The zero-order valence-corrected chi connectivity index (χ0v) is 25.2. The maximum Gasteiger partial charge on any atom is 0.181 e. The van der Waals surface area contributed by atoms with E-state index in [2.05, 4.69) is 187 Å². The molecule has 2 nitrogen and oxygen atoms in total. The number of pyridine rings is 1. The van der Waals surface area contributed by atoms with Crippen LogP contribution >= 0.6 is 0 Å². The van der Waals surface area contributed by atoms with E-state index in [0.29, 0.717) is 0 Å². The van der Waals surface area contributed by atoms with Gasteiger partial charge in [-0.1, -0.05) is 152 Å². The molecule has 0 N–H and O–H groups in total. The zero-order chi connectivity index (χ0) is 29.3. The Morgan fingerprint density at radius 1 is 0.409 bits per heavy atom. The summed E-state index contributed by atoms with van der Waals surface area (Å²) in [4.78, 5) is 5.28. The van der Waals surface area contributed by atoms with Gasteiger partial charge in [0.1, 0.15) is 0 Å². The Balaban J connectivity index is 1.46. The molecule has 8 aromatic rings. The van der Waals surface area contributed by atoms with Gasteiger partial charge in [-0.3, -0.25) is 4.98 Å². The van der Waals surface area contributed by atoms with E-state index < -0.39 is 8.07 Å². The Morgan fingerprint density at radius 2 is 0.909 bits per heavy atom. The summed E-state index contributed by atoms with van der Waals surface area (Å²) in [5.74, 6) is 0. The van der Waals surface area contributed by atoms with E-state index in [-0.39, 0.29) is 0 Å². The summed E-state index contributed by atoms with van der Waals surface area (Å²) in [5.41, 5.74) is 6.89. The molecule has 0 radical (unpaired) electrons. The Bertz CT molecular complexity index is 2150. The van der Waals surface area contributed by atoms with Gasteiger partial charge in [-0.05, 0) is 56.1 Å². The van der Waals surface area contributed by atoms with E-state index in [1.807, 2.05) is 0 Å². The lowest BCUT2D eigenvalue weighted by atomic mass is 10.1. The molecule has 208 valence electrons. The lowest BCUT2D eigenvalue weighted by molar-refractivity contribution is 1.18. The van der Waals surface area contributed by atoms with E-state index in [1.165, 1.54) is 31.9 Å². The first-order valence-electron chi connectivity index (χ1n) is 15.1. The highest BCUT2D eigenvalue weighted by Gasteiger charge is 2.42. The highest BCUT2D eigenvalue weighted by molar-refractivity contribution is 7.19. The maximum absolute atomic E-state index is 5.28. The van der Waals surface area contributed by atoms with Crippen molar-refractivity contribution >= 4 is 50.8 Å². The first kappa shape index (κ1) is 26.1. The number of hydrogen-bond donors (Lipinski definition) is 0. The second-order valence-corrected chi connectivity index (χ2v) is 15.0. The van der Waals surface area contributed by atoms with Gasteiger partial charge in [0.05, 0.1) is 16.6 Å². The van der Waals surface area contributed by atoms with Crippen LogP contribution in [0.4, 0.5) is 0 Å². The first-order chi connectivity index (χ1) is 21.8. The Kier molecular flexibility index (Phi) is 6.51. The van der Waals surface area contributed by atoms with Gasteiger partial charge in [0.2, 0.25) is 0 Å². The zero-order valence-electron chi connectivity index (χ0n) is 24.2. The monoisotopic (exact) mass is 578 g/mol. The normalized spacial score (nSPS) is 11.6. The van der Waals surface area contributed by atoms with Crippen LogP contribution in [0.15, 0.2) is 182 Å². The third-order valence-electron chi connectivity index (χ3n) is 8.79. The Morgan fingerprint density at radius 3 is 1.55 bits per heavy atom. The fourth-order valence-corrected chi connectivity index (χ4v) is 11.5. The number of hydrogen-bond acceptors (Lipinski definition) is 1. The summed E-state index contributed by atoms with van der Waals surface area (Å²) in [6, 6.07) is 63.7. The van der Waals surface area contributed by atoms with Gasteiger partial charge in [-0.2, -0.15) is 0 Å². The molecule has 0 saturated carbocycles. The first-order valence-corrected chi connectivity index (χ1v) is 17.1. The smallest absolute Gasteiger partial charge is 0.181 e. The third-order valence-corrected chi connectivity index (χ3v) is 13.5. The molecule has 0 atom stereocenters. The van der Waals surface area contributed by atoms with Crippen molar-refractivity contribution in [3.05, 3.63) is 182 Å². The van der Waals surface area contributed by atoms with Gasteiger partial charge in [0.15, 0.2) is 8.07 Å². The van der Waals surface area contributed by atoms with Crippen molar-refractivity contribution in [1.29, 1.82) is 0 Å². The topological polar surface area (TPSA) is 17.8 Å². The van der Waals surface area contributed by atoms with Crippen LogP contribution in [0.1, 0.15) is 0 Å². The molecule has 0 aliphatic carbocycles. The molecular weight excluding hydrogens is 549 g/mol. The van der Waals surface area contributed by atoms with Crippen molar-refractivity contribution in [2.75, 3.05) is 0 Å². The number of para-hydroxylation sites is 2. The molecule has 0 bridgehead atoms. The minimum absolute atomic E-state index is 1.02. The van der Waals surface area contributed by atoms with Crippen LogP contribution < -0.4 is 20.7 Å². The average Bonchev–Trinajstić information content (AvgIpc) is 3.44. The second-order valence-electron chi connectivity index (χ2n) is 11.2. The number of rotatable bonds is 6. The van der Waals surface area contributed by atoms with Crippen LogP contribution in [0.3, 0.4) is 0 Å². The lowest BCUT2D eigenvalue weighted by Crippen LogP contribution is -2.74. The van der Waals surface area contributed by atoms with Crippen LogP contribution in [0.25, 0.3) is 38.8 Å². The van der Waals surface area contributed by atoms with Crippen molar-refractivity contribution in [2.24, 2.45) is 0 Å². The van der Waals surface area contributed by atoms with E-state index >= 15 is 0 Å². The van der Waals surface area contributed by atoms with Gasteiger partial charge < -0.3 is 4.57 Å². The Labute approximate surface area is 258 Å². The Hall–Kier alpha value is -5.51. The maximum atomic E-state index is 5.28. The molecule has 0 unspecified atom stereocenters. The molecule has 0 saturated heterocycles. The molecule has 8 rings (SSSR count). The highest BCUT2D eigenvalue weighted by atomic mass is 28.3. The fourth-order valence-electron chi connectivity index (χ4n) is 6.81. The van der Waals surface area contributed by atoms with Crippen molar-refractivity contribution in [2.45, 2.75) is 0 Å². The molecule has 2 heterocycles. The van der Waals surface area contributed by atoms with Crippen LogP contribution in [0, 0.1) is 0 Å². The standard InChI is InChI=1S/C41H30N2Si/c1-5-15-31(16-6-1)32-25-27-36(28-26-32)44(34-19-9-3-10-20-34,35-21-11-4-12-22-35)37-29-40-41(42-30-37)38-23-13-14-24-39(38)43(40)33-17-7-2-8-18-33/h1-30H. The molecule has 0 aliphatic rings. The minimum Gasteiger partial charge on any atom is -0.308 e. The summed E-state index contributed by atoms with van der Waals surface area (Å²) in [6.45, 7) is 0. The van der Waals surface area contributed by atoms with Crippen LogP contribution in [-0.2, 0) is 0 Å². The molecule has 0 amide bonds. The summed E-state index contributed by atoms with van der Waals surface area (Å²) in [5, 5.41) is 6.43. The number of fused-ring (bicyclic) bond motifs is 3. The molecule has 0 aliphatic heterocycles. The van der Waals surface area contributed by atoms with Crippen molar-refractivity contribution in [3.8, 4) is 16.8 Å². The van der Waals surface area contributed by atoms with E-state index in [0.717, 1.165) is 27.6 Å². The second kappa shape index (κ2) is 11.0. The largest absolute Gasteiger partial charge is 0.308 e. The van der Waals surface area contributed by atoms with E-state index in [9.17, 15) is 0 Å². The van der Waals surface area contributed by atoms with Gasteiger partial charge in [-0.25, -0.2) is 0 Å². The molecule has 2 aromatic heterocycles. The summed E-state index contributed by atoms with van der Waals surface area (Å²) in [6.07, 6.45) is 2.15. The SMILES string of the molecule is c1ccc(-c2ccc([Si](c3ccccc3)(c3ccccc3)c3cnc4c5ccccc5n(-c5ccccc5)c4c3)cc2)cc1. The quantitative estimate of drug-likeness (QED) is 0.150. The van der Waals surface area contributed by atoms with Crippen molar-refractivity contribution < 1.29 is 0 Å². The highest BCUT2D eigenvalue weighted by Crippen LogP contribution is 2.30. The summed E-state index contributed by atoms with van der Waals surface area (Å²) < 4.78 is 2.37. The van der Waals surface area contributed by atoms with Gasteiger partial charge in [-0.15, -0.1) is 0 Å². The lowest BCUT2D eigenvalue weighted by Gasteiger charge is -2.34. The number of nitrogens with zero attached hydrogens (tertiary/aromatic N) is 2. The van der Waals surface area contributed by atoms with E-state index in [4.69, 9.17) is 4.98 Å².